The minimum absolute atomic E-state index is 0.0266. The average molecular weight is 596 g/mol. The first kappa shape index (κ1) is 30.3. The number of halogens is 1. The Morgan fingerprint density at radius 1 is 0.976 bits per heavy atom. The van der Waals surface area contributed by atoms with E-state index >= 15 is 0 Å². The van der Waals surface area contributed by atoms with E-state index in [1.54, 1.807) is 24.3 Å². The molecule has 10 heteroatoms. The van der Waals surface area contributed by atoms with Gasteiger partial charge in [0.2, 0.25) is 11.8 Å². The van der Waals surface area contributed by atoms with Crippen LogP contribution in [0.4, 0.5) is 0 Å². The lowest BCUT2D eigenvalue weighted by Gasteiger charge is -2.32. The topological polar surface area (TPSA) is 104 Å². The molecule has 3 amide bonds. The van der Waals surface area contributed by atoms with Crippen molar-refractivity contribution in [3.63, 3.8) is 0 Å². The molecule has 0 saturated heterocycles. The Kier molecular flexibility index (Phi) is 9.83. The van der Waals surface area contributed by atoms with Gasteiger partial charge in [0.15, 0.2) is 0 Å². The van der Waals surface area contributed by atoms with Gasteiger partial charge in [-0.2, -0.15) is 0 Å². The fraction of sp³-hybridized carbons (Fsp3) is 0.323. The van der Waals surface area contributed by atoms with E-state index in [2.05, 4.69) is 5.32 Å². The molecule has 1 heterocycles. The third kappa shape index (κ3) is 6.97. The summed E-state index contributed by atoms with van der Waals surface area (Å²) in [5.41, 5.74) is 1.70. The van der Waals surface area contributed by atoms with Crippen molar-refractivity contribution in [1.29, 1.82) is 0 Å². The van der Waals surface area contributed by atoms with Crippen LogP contribution in [0.3, 0.4) is 0 Å². The molecular weight excluding hydrogens is 562 g/mol. The maximum Gasteiger partial charge on any atom is 0.269 e. The van der Waals surface area contributed by atoms with Gasteiger partial charge in [-0.15, -0.1) is 0 Å². The van der Waals surface area contributed by atoms with E-state index in [0.717, 1.165) is 16.3 Å². The smallest absolute Gasteiger partial charge is 0.269 e. The zero-order valence-corrected chi connectivity index (χ0v) is 24.7. The van der Waals surface area contributed by atoms with Gasteiger partial charge in [0.1, 0.15) is 10.9 Å². The first-order valence-electron chi connectivity index (χ1n) is 13.7. The predicted octanol–water partition coefficient (Wildman–Crippen LogP) is 4.82. The van der Waals surface area contributed by atoms with Gasteiger partial charge in [-0.05, 0) is 49.1 Å². The minimum Gasteiger partial charge on any atom is -0.352 e. The summed E-state index contributed by atoms with van der Waals surface area (Å²) in [7, 11) is -3.98. The molecule has 1 N–H and O–H groups in total. The summed E-state index contributed by atoms with van der Waals surface area (Å²) in [6.07, 6.45) is 1.04. The second-order valence-corrected chi connectivity index (χ2v) is 12.4. The van der Waals surface area contributed by atoms with Crippen molar-refractivity contribution in [2.75, 3.05) is 6.54 Å². The molecule has 0 bridgehead atoms. The van der Waals surface area contributed by atoms with E-state index in [4.69, 9.17) is 11.6 Å². The van der Waals surface area contributed by atoms with Gasteiger partial charge in [-0.1, -0.05) is 79.2 Å². The van der Waals surface area contributed by atoms with Crippen molar-refractivity contribution in [2.24, 2.45) is 0 Å². The molecular formula is C31H34ClN3O5S. The Balaban J connectivity index is 1.58. The maximum atomic E-state index is 13.8. The molecule has 216 valence electrons. The van der Waals surface area contributed by atoms with E-state index in [1.807, 2.05) is 56.3 Å². The number of carbonyl (C=O) groups is 3. The molecule has 0 fully saturated rings. The summed E-state index contributed by atoms with van der Waals surface area (Å²) < 4.78 is 26.7. The summed E-state index contributed by atoms with van der Waals surface area (Å²) in [5.74, 6) is -1.22. The summed E-state index contributed by atoms with van der Waals surface area (Å²) in [4.78, 5) is 41.7. The lowest BCUT2D eigenvalue weighted by molar-refractivity contribution is -0.141. The van der Waals surface area contributed by atoms with Crippen LogP contribution in [0.5, 0.6) is 0 Å². The summed E-state index contributed by atoms with van der Waals surface area (Å²) in [6, 6.07) is 21.7. The van der Waals surface area contributed by atoms with E-state index in [0.29, 0.717) is 10.6 Å². The second-order valence-electron chi connectivity index (χ2n) is 10.1. The fourth-order valence-corrected chi connectivity index (χ4v) is 6.58. The van der Waals surface area contributed by atoms with Gasteiger partial charge in [0.25, 0.3) is 15.9 Å². The summed E-state index contributed by atoms with van der Waals surface area (Å²) in [5, 5.41) is 3.49. The monoisotopic (exact) mass is 595 g/mol. The Hall–Kier alpha value is -3.69. The lowest BCUT2D eigenvalue weighted by Crippen LogP contribution is -2.52. The van der Waals surface area contributed by atoms with Crippen LogP contribution in [0.15, 0.2) is 83.8 Å². The van der Waals surface area contributed by atoms with Crippen LogP contribution in [0.25, 0.3) is 0 Å². The van der Waals surface area contributed by atoms with Crippen LogP contribution in [0.2, 0.25) is 5.02 Å². The van der Waals surface area contributed by atoms with Gasteiger partial charge < -0.3 is 10.2 Å². The highest BCUT2D eigenvalue weighted by atomic mass is 35.5. The molecule has 3 aromatic carbocycles. The number of fused-ring (bicyclic) bond motifs is 1. The number of nitrogens with one attached hydrogen (secondary N) is 1. The summed E-state index contributed by atoms with van der Waals surface area (Å²) in [6.45, 7) is 3.82. The number of nitrogens with zero attached hydrogens (tertiary/aromatic N) is 2. The fourth-order valence-electron chi connectivity index (χ4n) is 4.77. The van der Waals surface area contributed by atoms with Crippen LogP contribution in [0, 0.1) is 0 Å². The molecule has 0 spiro atoms. The number of carbonyl (C=O) groups excluding carboxylic acids is 3. The predicted molar refractivity (Wildman–Crippen MR) is 158 cm³/mol. The Labute approximate surface area is 246 Å². The van der Waals surface area contributed by atoms with Crippen LogP contribution in [-0.4, -0.2) is 54.0 Å². The largest absolute Gasteiger partial charge is 0.352 e. The van der Waals surface area contributed by atoms with Gasteiger partial charge >= 0.3 is 0 Å². The minimum atomic E-state index is -3.98. The molecule has 4 rings (SSSR count). The van der Waals surface area contributed by atoms with E-state index in [9.17, 15) is 22.8 Å². The normalized spacial score (nSPS) is 15.2. The number of hydrogen-bond acceptors (Lipinski definition) is 5. The molecule has 0 saturated carbocycles. The van der Waals surface area contributed by atoms with Crippen LogP contribution in [0.1, 0.15) is 54.6 Å². The Bertz CT molecular complexity index is 1510. The van der Waals surface area contributed by atoms with Gasteiger partial charge in [-0.3, -0.25) is 14.4 Å². The Morgan fingerprint density at radius 2 is 1.63 bits per heavy atom. The summed E-state index contributed by atoms with van der Waals surface area (Å²) >= 11 is 6.46. The average Bonchev–Trinajstić information content (AvgIpc) is 3.16. The first-order chi connectivity index (χ1) is 19.6. The number of rotatable bonds is 12. The van der Waals surface area contributed by atoms with E-state index in [-0.39, 0.29) is 60.7 Å². The SMILES string of the molecule is CC[C@H](C)NC(=O)[C@H](Cc1ccccc1)N(Cc1ccccc1Cl)C(=O)CCCN1C(=O)c2ccccc2S1(=O)=O. The van der Waals surface area contributed by atoms with Gasteiger partial charge in [0.05, 0.1) is 5.56 Å². The van der Waals surface area contributed by atoms with Crippen molar-refractivity contribution in [2.45, 2.75) is 63.1 Å². The highest BCUT2D eigenvalue weighted by Crippen LogP contribution is 2.30. The molecule has 1 aliphatic rings. The van der Waals surface area contributed by atoms with Crippen LogP contribution in [-0.2, 0) is 32.6 Å². The Morgan fingerprint density at radius 3 is 2.32 bits per heavy atom. The van der Waals surface area contributed by atoms with Gasteiger partial charge in [-0.25, -0.2) is 12.7 Å². The van der Waals surface area contributed by atoms with E-state index in [1.165, 1.54) is 17.0 Å². The van der Waals surface area contributed by atoms with Crippen molar-refractivity contribution in [1.82, 2.24) is 14.5 Å². The first-order valence-corrected chi connectivity index (χ1v) is 15.5. The van der Waals surface area contributed by atoms with Gasteiger partial charge in [0, 0.05) is 37.0 Å². The molecule has 3 aromatic rings. The van der Waals surface area contributed by atoms with Crippen LogP contribution < -0.4 is 5.32 Å². The van der Waals surface area contributed by atoms with Crippen molar-refractivity contribution >= 4 is 39.3 Å². The third-order valence-corrected chi connectivity index (χ3v) is 9.44. The molecule has 2 atom stereocenters. The number of hydrogen-bond donors (Lipinski definition) is 1. The van der Waals surface area contributed by atoms with Crippen molar-refractivity contribution in [3.8, 4) is 0 Å². The highest BCUT2D eigenvalue weighted by molar-refractivity contribution is 7.90. The standard InChI is InChI=1S/C31H34ClN3O5S/c1-3-22(2)33-30(37)27(20-23-12-5-4-6-13-23)34(21-24-14-7-9-16-26(24)32)29(36)18-11-19-35-31(38)25-15-8-10-17-28(25)41(35,39)40/h4-10,12-17,22,27H,3,11,18-21H2,1-2H3,(H,33,37)/t22-,27-/m0/s1. The van der Waals surface area contributed by atoms with Crippen molar-refractivity contribution < 1.29 is 22.8 Å². The van der Waals surface area contributed by atoms with Crippen molar-refractivity contribution in [3.05, 3.63) is 101 Å². The zero-order valence-electron chi connectivity index (χ0n) is 23.1. The molecule has 1 aliphatic heterocycles. The molecule has 8 nitrogen and oxygen atoms in total. The highest BCUT2D eigenvalue weighted by Gasteiger charge is 2.40. The third-order valence-electron chi connectivity index (χ3n) is 7.23. The maximum absolute atomic E-state index is 13.8. The molecule has 41 heavy (non-hydrogen) atoms. The van der Waals surface area contributed by atoms with Crippen LogP contribution >= 0.6 is 11.6 Å². The number of amides is 3. The molecule has 0 aromatic heterocycles. The quantitative estimate of drug-likeness (QED) is 0.323. The second kappa shape index (κ2) is 13.3. The zero-order chi connectivity index (χ0) is 29.6. The lowest BCUT2D eigenvalue weighted by atomic mass is 10.0. The molecule has 0 aliphatic carbocycles. The molecule has 0 radical (unpaired) electrons. The van der Waals surface area contributed by atoms with E-state index < -0.39 is 22.0 Å². The number of sulfonamides is 1. The molecule has 0 unspecified atom stereocenters. The number of benzene rings is 3.